The maximum absolute atomic E-state index is 13.8. The SMILES string of the molecule is Cc1cc(C(=O)N[C@H]2CCC(=O)N3CCC[C@@H](C(=O)N[C@H]4CC(=O)O[C@@H]4OC4CCCC4)N3C2=O)cc(C)c1O.Cc1cc(C(=O)N[C@H]2CCC(=O)N3CCC[C@@H](C(=O)N[C@H]4CC(=O)O[C@H]4OC4CCCC4)N3C2=O)cc(C)c1O. The predicted molar refractivity (Wildman–Crippen MR) is 279 cm³/mol. The summed E-state index contributed by atoms with van der Waals surface area (Å²) in [6.45, 7) is 7.27. The van der Waals surface area contributed by atoms with Crippen LogP contribution in [0.3, 0.4) is 0 Å². The number of phenolic OH excluding ortho intramolecular Hbond substituents is 2. The first kappa shape index (κ1) is 57.3. The quantitative estimate of drug-likeness (QED) is 0.167. The zero-order valence-electron chi connectivity index (χ0n) is 45.6. The summed E-state index contributed by atoms with van der Waals surface area (Å²) in [4.78, 5) is 131. The number of nitrogens with zero attached hydrogens (tertiary/aromatic N) is 4. The number of esters is 2. The summed E-state index contributed by atoms with van der Waals surface area (Å²) in [5.74, 6) is -4.52. The predicted octanol–water partition coefficient (Wildman–Crippen LogP) is 2.71. The fraction of sp³-hybridized carbons (Fsp3) is 0.607. The number of aryl methyl sites for hydroxylation is 4. The van der Waals surface area contributed by atoms with Gasteiger partial charge in [-0.3, -0.25) is 58.0 Å². The molecule has 6 aliphatic heterocycles. The second-order valence-electron chi connectivity index (χ2n) is 22.2. The minimum absolute atomic E-state index is 0.0252. The molecule has 0 unspecified atom stereocenters. The summed E-state index contributed by atoms with van der Waals surface area (Å²) in [6.07, 6.45) is 7.55. The number of rotatable bonds is 12. The van der Waals surface area contributed by atoms with E-state index >= 15 is 0 Å². The van der Waals surface area contributed by atoms with Gasteiger partial charge in [-0.2, -0.15) is 0 Å². The maximum Gasteiger partial charge on any atom is 0.310 e. The van der Waals surface area contributed by atoms with Gasteiger partial charge in [0.25, 0.3) is 23.6 Å². The van der Waals surface area contributed by atoms with E-state index < -0.39 is 96.2 Å². The molecule has 432 valence electrons. The molecule has 10 rings (SSSR count). The van der Waals surface area contributed by atoms with Crippen molar-refractivity contribution < 1.29 is 77.1 Å². The molecule has 8 atom stereocenters. The van der Waals surface area contributed by atoms with Gasteiger partial charge in [0.2, 0.25) is 36.2 Å². The van der Waals surface area contributed by atoms with Crippen molar-refractivity contribution in [1.29, 1.82) is 0 Å². The molecule has 2 aromatic carbocycles. The van der Waals surface area contributed by atoms with Crippen LogP contribution in [0.2, 0.25) is 0 Å². The molecule has 2 saturated carbocycles. The van der Waals surface area contributed by atoms with Crippen LogP contribution in [0.4, 0.5) is 0 Å². The third kappa shape index (κ3) is 12.6. The van der Waals surface area contributed by atoms with Crippen LogP contribution in [-0.4, -0.2) is 164 Å². The highest BCUT2D eigenvalue weighted by atomic mass is 16.7. The molecule has 2 aromatic rings. The van der Waals surface area contributed by atoms with Crippen LogP contribution in [0.5, 0.6) is 11.5 Å². The van der Waals surface area contributed by atoms with Crippen molar-refractivity contribution in [2.75, 3.05) is 13.1 Å². The highest BCUT2D eigenvalue weighted by Crippen LogP contribution is 2.32. The van der Waals surface area contributed by atoms with E-state index in [1.807, 2.05) is 0 Å². The van der Waals surface area contributed by atoms with E-state index in [9.17, 15) is 58.2 Å². The molecule has 8 fully saturated rings. The first-order valence-corrected chi connectivity index (χ1v) is 28.0. The number of phenols is 2. The first-order chi connectivity index (χ1) is 38.2. The number of carbonyl (C=O) groups is 10. The van der Waals surface area contributed by atoms with Crippen LogP contribution in [0, 0.1) is 27.7 Å². The average molecular weight is 1110 g/mol. The number of hydrogen-bond acceptors (Lipinski definition) is 16. The Morgan fingerprint density at radius 3 is 1.20 bits per heavy atom. The summed E-state index contributed by atoms with van der Waals surface area (Å²) in [5, 5.41) is 36.2. The lowest BCUT2D eigenvalue weighted by Crippen LogP contribution is -2.64. The van der Waals surface area contributed by atoms with Crippen LogP contribution >= 0.6 is 0 Å². The van der Waals surface area contributed by atoms with E-state index in [0.717, 1.165) is 51.4 Å². The smallest absolute Gasteiger partial charge is 0.310 e. The number of hydrogen-bond donors (Lipinski definition) is 6. The van der Waals surface area contributed by atoms with E-state index in [-0.39, 0.29) is 98.3 Å². The number of ether oxygens (including phenoxy) is 4. The second-order valence-corrected chi connectivity index (χ2v) is 22.2. The summed E-state index contributed by atoms with van der Waals surface area (Å²) >= 11 is 0. The van der Waals surface area contributed by atoms with Crippen LogP contribution in [0.25, 0.3) is 0 Å². The van der Waals surface area contributed by atoms with Crippen LogP contribution < -0.4 is 21.3 Å². The molecule has 2 aliphatic carbocycles. The summed E-state index contributed by atoms with van der Waals surface area (Å²) in [6, 6.07) is 0.664. The number of carbonyl (C=O) groups excluding carboxylic acids is 10. The van der Waals surface area contributed by atoms with E-state index in [1.54, 1.807) is 27.7 Å². The molecule has 24 nitrogen and oxygen atoms in total. The molecular formula is C56H72N8O16. The van der Waals surface area contributed by atoms with Gasteiger partial charge in [-0.15, -0.1) is 0 Å². The zero-order valence-corrected chi connectivity index (χ0v) is 45.6. The zero-order chi connectivity index (χ0) is 57.1. The van der Waals surface area contributed by atoms with Crippen molar-refractivity contribution in [2.45, 2.75) is 204 Å². The van der Waals surface area contributed by atoms with E-state index in [1.165, 1.54) is 44.3 Å². The average Bonchev–Trinajstić information content (AvgIpc) is 4.33. The summed E-state index contributed by atoms with van der Waals surface area (Å²) in [7, 11) is 0. The molecule has 6 saturated heterocycles. The number of hydrazine groups is 2. The molecule has 80 heavy (non-hydrogen) atoms. The highest BCUT2D eigenvalue weighted by Gasteiger charge is 2.49. The molecule has 6 N–H and O–H groups in total. The third-order valence-corrected chi connectivity index (χ3v) is 16.3. The number of aromatic hydroxyl groups is 2. The lowest BCUT2D eigenvalue weighted by atomic mass is 10.0. The summed E-state index contributed by atoms with van der Waals surface area (Å²) in [5.41, 5.74) is 2.65. The molecule has 0 radical (unpaired) electrons. The molecule has 0 spiro atoms. The number of fused-ring (bicyclic) bond motifs is 2. The molecule has 0 aromatic heterocycles. The van der Waals surface area contributed by atoms with E-state index in [0.29, 0.717) is 47.9 Å². The molecular weight excluding hydrogens is 1040 g/mol. The number of amides is 8. The fourth-order valence-electron chi connectivity index (χ4n) is 12.0. The van der Waals surface area contributed by atoms with Crippen molar-refractivity contribution in [3.8, 4) is 11.5 Å². The van der Waals surface area contributed by atoms with Gasteiger partial charge in [-0.25, -0.2) is 10.0 Å². The van der Waals surface area contributed by atoms with Crippen molar-refractivity contribution in [2.24, 2.45) is 0 Å². The maximum atomic E-state index is 13.8. The molecule has 8 aliphatic rings. The van der Waals surface area contributed by atoms with E-state index in [2.05, 4.69) is 21.3 Å². The third-order valence-electron chi connectivity index (χ3n) is 16.3. The van der Waals surface area contributed by atoms with Gasteiger partial charge in [0.05, 0.1) is 25.0 Å². The second kappa shape index (κ2) is 24.6. The highest BCUT2D eigenvalue weighted by molar-refractivity contribution is 6.01. The molecule has 24 heteroatoms. The fourth-order valence-corrected chi connectivity index (χ4v) is 12.0. The minimum atomic E-state index is -1.03. The van der Waals surface area contributed by atoms with Gasteiger partial charge in [0.15, 0.2) is 0 Å². The Morgan fingerprint density at radius 2 is 0.850 bits per heavy atom. The van der Waals surface area contributed by atoms with Crippen LogP contribution in [-0.2, 0) is 57.3 Å². The van der Waals surface area contributed by atoms with Gasteiger partial charge in [-0.05, 0) is 138 Å². The Balaban J connectivity index is 0.000000194. The van der Waals surface area contributed by atoms with Crippen molar-refractivity contribution >= 4 is 59.2 Å². The summed E-state index contributed by atoms with van der Waals surface area (Å²) < 4.78 is 22.6. The standard InChI is InChI=1S/2C28H36N4O8/c2*1-15-12-17(13-16(2)24(15)35)25(36)29-19-9-10-22(33)31-11-5-8-21(32(31)27(19)38)26(37)30-20-14-23(34)40-28(20)39-18-6-3-4-7-18/h2*12-13,18-21,28,35H,3-11,14H2,1-2H3,(H,29,36)(H,30,37)/t19-,20-,21-,28+;19-,20-,21-,28-/m00/s1. The van der Waals surface area contributed by atoms with Gasteiger partial charge in [0.1, 0.15) is 47.8 Å². The Bertz CT molecular complexity index is 2560. The van der Waals surface area contributed by atoms with Crippen molar-refractivity contribution in [3.63, 3.8) is 0 Å². The topological polar surface area (TPSA) is 309 Å². The minimum Gasteiger partial charge on any atom is -0.507 e. The molecule has 6 heterocycles. The van der Waals surface area contributed by atoms with Crippen molar-refractivity contribution in [3.05, 3.63) is 57.6 Å². The van der Waals surface area contributed by atoms with Gasteiger partial charge >= 0.3 is 11.9 Å². The van der Waals surface area contributed by atoms with Crippen LogP contribution in [0.15, 0.2) is 24.3 Å². The van der Waals surface area contributed by atoms with E-state index in [4.69, 9.17) is 18.9 Å². The normalized spacial score (nSPS) is 27.3. The van der Waals surface area contributed by atoms with Gasteiger partial charge in [-0.1, -0.05) is 25.7 Å². The van der Waals surface area contributed by atoms with Crippen LogP contribution in [0.1, 0.15) is 159 Å². The van der Waals surface area contributed by atoms with Gasteiger partial charge < -0.3 is 50.4 Å². The Kier molecular flexibility index (Phi) is 17.6. The Labute approximate surface area is 462 Å². The number of benzene rings is 2. The molecule has 8 amide bonds. The Hall–Kier alpha value is -7.34. The number of cyclic esters (lactones) is 2. The molecule has 0 bridgehead atoms. The van der Waals surface area contributed by atoms with Crippen molar-refractivity contribution in [1.82, 2.24) is 41.3 Å². The first-order valence-electron chi connectivity index (χ1n) is 28.0. The lowest BCUT2D eigenvalue weighted by molar-refractivity contribution is -0.180. The van der Waals surface area contributed by atoms with Gasteiger partial charge in [0, 0.05) is 37.1 Å². The number of nitrogens with one attached hydrogen (secondary N) is 4. The Morgan fingerprint density at radius 1 is 0.500 bits per heavy atom. The largest absolute Gasteiger partial charge is 0.507 e. The lowest BCUT2D eigenvalue weighted by Gasteiger charge is -2.43. The monoisotopic (exact) mass is 1110 g/mol.